The van der Waals surface area contributed by atoms with Gasteiger partial charge in [-0.15, -0.1) is 0 Å². The van der Waals surface area contributed by atoms with Gasteiger partial charge in [0, 0.05) is 45.7 Å². The van der Waals surface area contributed by atoms with Crippen molar-refractivity contribution in [1.29, 1.82) is 0 Å². The van der Waals surface area contributed by atoms with Crippen molar-refractivity contribution in [3.05, 3.63) is 27.8 Å². The molecule has 8 heteroatoms. The molecule has 2 aliphatic heterocycles. The molecule has 2 fully saturated rings. The quantitative estimate of drug-likeness (QED) is 0.669. The molecule has 1 N–H and O–H groups in total. The molecule has 0 aromatic heterocycles. The van der Waals surface area contributed by atoms with E-state index in [0.717, 1.165) is 86.6 Å². The van der Waals surface area contributed by atoms with Gasteiger partial charge in [0.1, 0.15) is 0 Å². The number of ether oxygens (including phenoxy) is 1. The van der Waals surface area contributed by atoms with E-state index in [9.17, 15) is 13.2 Å². The van der Waals surface area contributed by atoms with E-state index in [4.69, 9.17) is 4.74 Å². The summed E-state index contributed by atoms with van der Waals surface area (Å²) in [6, 6.07) is 0. The average Bonchev–Trinajstić information content (AvgIpc) is 2.77. The summed E-state index contributed by atoms with van der Waals surface area (Å²) in [5.41, 5.74) is 4.71. The highest BCUT2D eigenvalue weighted by Crippen LogP contribution is 2.29. The zero-order valence-electron chi connectivity index (χ0n) is 20.3. The number of nitrogens with one attached hydrogen (secondary N) is 1. The van der Waals surface area contributed by atoms with Crippen LogP contribution in [0.5, 0.6) is 0 Å². The van der Waals surface area contributed by atoms with Crippen LogP contribution in [0.3, 0.4) is 0 Å². The highest BCUT2D eigenvalue weighted by Gasteiger charge is 2.26. The summed E-state index contributed by atoms with van der Waals surface area (Å²) in [4.78, 5) is 17.4. The minimum atomic E-state index is -3.67. The molecule has 32 heavy (non-hydrogen) atoms. The minimum Gasteiger partial charge on any atom is -0.379 e. The molecule has 1 amide bonds. The van der Waals surface area contributed by atoms with E-state index in [1.807, 2.05) is 39.5 Å². The number of likely N-dealkylation sites (tertiary alicyclic amines) is 1. The standard InChI is InChI=1S/C24H39N3O4S/c1-17-18(2)20(4)24(21(5)19(17)3)32(29,30)25-9-6-23(28)27-10-7-22(8-11-27)16-26-12-14-31-15-13-26/h22,25H,6-16H2,1-5H3. The van der Waals surface area contributed by atoms with Gasteiger partial charge in [-0.3, -0.25) is 9.69 Å². The van der Waals surface area contributed by atoms with Crippen molar-refractivity contribution in [2.24, 2.45) is 5.92 Å². The van der Waals surface area contributed by atoms with E-state index in [0.29, 0.717) is 10.8 Å². The zero-order chi connectivity index (χ0) is 23.5. The van der Waals surface area contributed by atoms with E-state index in [2.05, 4.69) is 9.62 Å². The fourth-order valence-electron chi connectivity index (χ4n) is 4.91. The number of rotatable bonds is 7. The van der Waals surface area contributed by atoms with Gasteiger partial charge in [-0.05, 0) is 81.2 Å². The number of amides is 1. The van der Waals surface area contributed by atoms with Gasteiger partial charge in [0.25, 0.3) is 0 Å². The van der Waals surface area contributed by atoms with Gasteiger partial charge in [-0.25, -0.2) is 13.1 Å². The molecule has 1 aromatic carbocycles. The second-order valence-electron chi connectivity index (χ2n) is 9.34. The number of benzene rings is 1. The summed E-state index contributed by atoms with van der Waals surface area (Å²) >= 11 is 0. The topological polar surface area (TPSA) is 79.0 Å². The first-order valence-corrected chi connectivity index (χ1v) is 13.2. The Labute approximate surface area is 193 Å². The first kappa shape index (κ1) is 25.1. The molecule has 7 nitrogen and oxygen atoms in total. The molecule has 0 atom stereocenters. The Morgan fingerprint density at radius 3 is 2.00 bits per heavy atom. The Hall–Kier alpha value is -1.48. The molecule has 1 aromatic rings. The van der Waals surface area contributed by atoms with Crippen molar-refractivity contribution < 1.29 is 17.9 Å². The summed E-state index contributed by atoms with van der Waals surface area (Å²) in [5.74, 6) is 0.650. The number of carbonyl (C=O) groups is 1. The van der Waals surface area contributed by atoms with E-state index in [1.54, 1.807) is 0 Å². The molecule has 0 spiro atoms. The Bertz CT molecular complexity index is 902. The van der Waals surface area contributed by atoms with E-state index >= 15 is 0 Å². The molecule has 2 saturated heterocycles. The van der Waals surface area contributed by atoms with E-state index in [-0.39, 0.29) is 18.9 Å². The van der Waals surface area contributed by atoms with Gasteiger partial charge in [0.2, 0.25) is 15.9 Å². The smallest absolute Gasteiger partial charge is 0.241 e. The van der Waals surface area contributed by atoms with Crippen molar-refractivity contribution in [2.45, 2.75) is 58.8 Å². The van der Waals surface area contributed by atoms with Crippen molar-refractivity contribution >= 4 is 15.9 Å². The number of morpholine rings is 1. The zero-order valence-corrected chi connectivity index (χ0v) is 21.1. The third kappa shape index (κ3) is 5.71. The average molecular weight is 466 g/mol. The maximum atomic E-state index is 13.0. The van der Waals surface area contributed by atoms with Crippen molar-refractivity contribution in [2.75, 3.05) is 52.5 Å². The Balaban J connectivity index is 1.50. The summed E-state index contributed by atoms with van der Waals surface area (Å²) in [6.07, 6.45) is 2.21. The van der Waals surface area contributed by atoms with Gasteiger partial charge < -0.3 is 9.64 Å². The Morgan fingerprint density at radius 2 is 1.44 bits per heavy atom. The van der Waals surface area contributed by atoms with Crippen LogP contribution in [0, 0.1) is 40.5 Å². The molecular formula is C24H39N3O4S. The van der Waals surface area contributed by atoms with Crippen molar-refractivity contribution in [1.82, 2.24) is 14.5 Å². The van der Waals surface area contributed by atoms with Crippen LogP contribution in [0.2, 0.25) is 0 Å². The number of hydrogen-bond donors (Lipinski definition) is 1. The number of hydrogen-bond acceptors (Lipinski definition) is 5. The molecule has 0 aliphatic carbocycles. The van der Waals surface area contributed by atoms with Crippen LogP contribution in [0.4, 0.5) is 0 Å². The molecule has 0 unspecified atom stereocenters. The summed E-state index contributed by atoms with van der Waals surface area (Å²) in [7, 11) is -3.67. The van der Waals surface area contributed by atoms with Gasteiger partial charge in [0.15, 0.2) is 0 Å². The number of nitrogens with zero attached hydrogens (tertiary/aromatic N) is 2. The molecule has 0 radical (unpaired) electrons. The molecule has 0 bridgehead atoms. The predicted molar refractivity (Wildman–Crippen MR) is 126 cm³/mol. The van der Waals surface area contributed by atoms with Crippen LogP contribution < -0.4 is 4.72 Å². The number of sulfonamides is 1. The highest BCUT2D eigenvalue weighted by molar-refractivity contribution is 7.89. The molecule has 2 aliphatic rings. The molecule has 3 rings (SSSR count). The summed E-state index contributed by atoms with van der Waals surface area (Å²) < 4.78 is 34.1. The van der Waals surface area contributed by atoms with Crippen LogP contribution >= 0.6 is 0 Å². The van der Waals surface area contributed by atoms with Gasteiger partial charge in [-0.2, -0.15) is 0 Å². The molecular weight excluding hydrogens is 426 g/mol. The lowest BCUT2D eigenvalue weighted by Gasteiger charge is -2.36. The lowest BCUT2D eigenvalue weighted by Crippen LogP contribution is -2.44. The SMILES string of the molecule is Cc1c(C)c(C)c(S(=O)(=O)NCCC(=O)N2CCC(CN3CCOCC3)CC2)c(C)c1C. The van der Waals surface area contributed by atoms with Gasteiger partial charge in [0.05, 0.1) is 18.1 Å². The number of carbonyl (C=O) groups excluding carboxylic acids is 1. The molecule has 2 heterocycles. The maximum Gasteiger partial charge on any atom is 0.241 e. The monoisotopic (exact) mass is 465 g/mol. The lowest BCUT2D eigenvalue weighted by molar-refractivity contribution is -0.132. The molecule has 180 valence electrons. The van der Waals surface area contributed by atoms with Crippen LogP contribution in [-0.2, 0) is 19.6 Å². The maximum absolute atomic E-state index is 13.0. The Morgan fingerprint density at radius 1 is 0.906 bits per heavy atom. The van der Waals surface area contributed by atoms with Crippen LogP contribution in [0.15, 0.2) is 4.90 Å². The van der Waals surface area contributed by atoms with Crippen molar-refractivity contribution in [3.8, 4) is 0 Å². The minimum absolute atomic E-state index is 0.0298. The molecule has 0 saturated carbocycles. The number of piperidine rings is 1. The van der Waals surface area contributed by atoms with Crippen LogP contribution in [-0.4, -0.2) is 76.6 Å². The largest absolute Gasteiger partial charge is 0.379 e. The van der Waals surface area contributed by atoms with Gasteiger partial charge >= 0.3 is 0 Å². The fourth-order valence-corrected chi connectivity index (χ4v) is 6.53. The van der Waals surface area contributed by atoms with Crippen LogP contribution in [0.1, 0.15) is 47.1 Å². The Kier molecular flexibility index (Phi) is 8.36. The summed E-state index contributed by atoms with van der Waals surface area (Å²) in [5, 5.41) is 0. The first-order chi connectivity index (χ1) is 15.1. The lowest BCUT2D eigenvalue weighted by atomic mass is 9.95. The van der Waals surface area contributed by atoms with Gasteiger partial charge in [-0.1, -0.05) is 0 Å². The normalized spacial score (nSPS) is 18.8. The second-order valence-corrected chi connectivity index (χ2v) is 11.0. The predicted octanol–water partition coefficient (Wildman–Crippen LogP) is 2.47. The van der Waals surface area contributed by atoms with Crippen molar-refractivity contribution in [3.63, 3.8) is 0 Å². The van der Waals surface area contributed by atoms with E-state index < -0.39 is 10.0 Å². The second kappa shape index (κ2) is 10.6. The third-order valence-electron chi connectivity index (χ3n) is 7.42. The van der Waals surface area contributed by atoms with Crippen LogP contribution in [0.25, 0.3) is 0 Å². The highest BCUT2D eigenvalue weighted by atomic mass is 32.2. The third-order valence-corrected chi connectivity index (χ3v) is 9.15. The van der Waals surface area contributed by atoms with E-state index in [1.165, 1.54) is 0 Å². The first-order valence-electron chi connectivity index (χ1n) is 11.8. The summed E-state index contributed by atoms with van der Waals surface area (Å²) in [6.45, 7) is 16.0. The fraction of sp³-hybridized carbons (Fsp3) is 0.708.